The van der Waals surface area contributed by atoms with Gasteiger partial charge in [-0.15, -0.1) is 0 Å². The van der Waals surface area contributed by atoms with E-state index in [-0.39, 0.29) is 18.2 Å². The van der Waals surface area contributed by atoms with Crippen molar-refractivity contribution in [3.63, 3.8) is 0 Å². The number of benzene rings is 3. The second kappa shape index (κ2) is 9.36. The number of methoxy groups -OCH3 is 1. The van der Waals surface area contributed by atoms with Crippen LogP contribution in [0.1, 0.15) is 17.2 Å². The van der Waals surface area contributed by atoms with Crippen molar-refractivity contribution in [2.24, 2.45) is 11.8 Å². The first-order valence-corrected chi connectivity index (χ1v) is 12.3. The van der Waals surface area contributed by atoms with Gasteiger partial charge in [0.05, 0.1) is 29.0 Å². The third-order valence-corrected chi connectivity index (χ3v) is 8.01. The zero-order chi connectivity index (χ0) is 25.6. The van der Waals surface area contributed by atoms with Gasteiger partial charge < -0.3 is 4.74 Å². The Morgan fingerprint density at radius 2 is 1.61 bits per heavy atom. The maximum atomic E-state index is 13.3. The molecule has 6 nitrogen and oxygen atoms in total. The number of hydrogen-bond donors (Lipinski definition) is 1. The number of imide groups is 1. The number of hydrogen-bond acceptors (Lipinski definition) is 5. The lowest BCUT2D eigenvalue weighted by atomic mass is 9.76. The molecule has 2 fully saturated rings. The highest BCUT2D eigenvalue weighted by Crippen LogP contribution is 2.50. The molecule has 3 aromatic rings. The Kier molecular flexibility index (Phi) is 6.37. The van der Waals surface area contributed by atoms with Crippen LogP contribution in [0.25, 0.3) is 11.1 Å². The molecule has 8 heteroatoms. The highest BCUT2D eigenvalue weighted by molar-refractivity contribution is 6.42. The molecule has 0 radical (unpaired) electrons. The van der Waals surface area contributed by atoms with Crippen molar-refractivity contribution in [1.29, 1.82) is 0 Å². The summed E-state index contributed by atoms with van der Waals surface area (Å²) in [5, 5.41) is 4.33. The minimum atomic E-state index is -1.38. The number of nitrogens with one attached hydrogen (secondary N) is 1. The molecule has 0 saturated carbocycles. The molecule has 5 rings (SSSR count). The first kappa shape index (κ1) is 24.5. The maximum Gasteiger partial charge on any atom is 0.327 e. The van der Waals surface area contributed by atoms with Crippen LogP contribution >= 0.6 is 23.2 Å². The molecule has 0 aromatic heterocycles. The minimum Gasteiger partial charge on any atom is -0.468 e. The van der Waals surface area contributed by atoms with Crippen molar-refractivity contribution in [1.82, 2.24) is 10.2 Å². The predicted molar refractivity (Wildman–Crippen MR) is 137 cm³/mol. The van der Waals surface area contributed by atoms with Crippen LogP contribution in [-0.2, 0) is 25.5 Å². The van der Waals surface area contributed by atoms with E-state index >= 15 is 0 Å². The first-order valence-electron chi connectivity index (χ1n) is 11.5. The Labute approximate surface area is 219 Å². The van der Waals surface area contributed by atoms with Crippen LogP contribution in [0.15, 0.2) is 72.8 Å². The van der Waals surface area contributed by atoms with E-state index in [2.05, 4.69) is 5.32 Å². The van der Waals surface area contributed by atoms with Gasteiger partial charge in [0, 0.05) is 19.5 Å². The van der Waals surface area contributed by atoms with Gasteiger partial charge in [-0.1, -0.05) is 83.9 Å². The molecule has 2 heterocycles. The molecule has 4 atom stereocenters. The fourth-order valence-electron chi connectivity index (χ4n) is 5.51. The number of esters is 1. The zero-order valence-electron chi connectivity index (χ0n) is 19.7. The van der Waals surface area contributed by atoms with Gasteiger partial charge in [0.15, 0.2) is 0 Å². The van der Waals surface area contributed by atoms with Crippen molar-refractivity contribution in [2.75, 3.05) is 14.2 Å². The highest BCUT2D eigenvalue weighted by Gasteiger charge is 2.68. The molecule has 2 saturated heterocycles. The summed E-state index contributed by atoms with van der Waals surface area (Å²) in [5.74, 6) is -2.88. The third-order valence-electron chi connectivity index (χ3n) is 7.27. The van der Waals surface area contributed by atoms with Crippen LogP contribution in [-0.4, -0.2) is 42.4 Å². The van der Waals surface area contributed by atoms with Gasteiger partial charge in [-0.05, 0) is 34.4 Å². The first-order chi connectivity index (χ1) is 17.3. The molecule has 1 N–H and O–H groups in total. The van der Waals surface area contributed by atoms with E-state index in [1.165, 1.54) is 14.2 Å². The van der Waals surface area contributed by atoms with Gasteiger partial charge >= 0.3 is 5.97 Å². The fourth-order valence-corrected chi connectivity index (χ4v) is 5.81. The number of fused-ring (bicyclic) bond motifs is 1. The average Bonchev–Trinajstić information content (AvgIpc) is 3.35. The van der Waals surface area contributed by atoms with E-state index in [0.717, 1.165) is 27.2 Å². The Morgan fingerprint density at radius 1 is 0.944 bits per heavy atom. The van der Waals surface area contributed by atoms with Crippen LogP contribution in [0, 0.1) is 11.8 Å². The molecule has 2 aliphatic heterocycles. The van der Waals surface area contributed by atoms with Crippen LogP contribution in [0.2, 0.25) is 10.0 Å². The second-order valence-electron chi connectivity index (χ2n) is 9.24. The molecule has 2 amide bonds. The monoisotopic (exact) mass is 522 g/mol. The standard InChI is InChI=1S/C28H24Cl2N2O4/c1-32-25(33)22-23(26(32)34)28(27(35)36-2,15-16-6-4-3-5-7-16)31-24(22)18-10-8-17(9-11-18)19-12-13-20(29)21(30)14-19/h3-14,22-24,31H,15H2,1-2H3/t22-,23-,24-,28-/m1/s1. The Hall–Kier alpha value is -3.19. The Morgan fingerprint density at radius 3 is 2.25 bits per heavy atom. The molecule has 3 aromatic carbocycles. The van der Waals surface area contributed by atoms with Crippen LogP contribution in [0.3, 0.4) is 0 Å². The molecule has 0 spiro atoms. The van der Waals surface area contributed by atoms with Gasteiger partial charge in [-0.25, -0.2) is 0 Å². The van der Waals surface area contributed by atoms with E-state index in [4.69, 9.17) is 27.9 Å². The van der Waals surface area contributed by atoms with E-state index in [1.807, 2.05) is 60.7 Å². The number of nitrogens with zero attached hydrogens (tertiary/aromatic N) is 1. The van der Waals surface area contributed by atoms with Crippen molar-refractivity contribution >= 4 is 41.0 Å². The van der Waals surface area contributed by atoms with Crippen molar-refractivity contribution in [3.8, 4) is 11.1 Å². The minimum absolute atomic E-state index is 0.215. The van der Waals surface area contributed by atoms with Gasteiger partial charge in [0.25, 0.3) is 0 Å². The van der Waals surface area contributed by atoms with E-state index in [0.29, 0.717) is 10.0 Å². The number of carbonyl (C=O) groups excluding carboxylic acids is 3. The molecular formula is C28H24Cl2N2O4. The summed E-state index contributed by atoms with van der Waals surface area (Å²) in [7, 11) is 2.77. The van der Waals surface area contributed by atoms with Gasteiger partial charge in [0.2, 0.25) is 11.8 Å². The summed E-state index contributed by atoms with van der Waals surface area (Å²) < 4.78 is 5.21. The molecule has 36 heavy (non-hydrogen) atoms. The van der Waals surface area contributed by atoms with Gasteiger partial charge in [-0.3, -0.25) is 24.6 Å². The molecule has 0 unspecified atom stereocenters. The summed E-state index contributed by atoms with van der Waals surface area (Å²) in [6.45, 7) is 0. The van der Waals surface area contributed by atoms with E-state index in [9.17, 15) is 14.4 Å². The summed E-state index contributed by atoms with van der Waals surface area (Å²) in [6.07, 6.45) is 0.215. The topological polar surface area (TPSA) is 75.7 Å². The highest BCUT2D eigenvalue weighted by atomic mass is 35.5. The lowest BCUT2D eigenvalue weighted by molar-refractivity contribution is -0.153. The van der Waals surface area contributed by atoms with Crippen molar-refractivity contribution in [3.05, 3.63) is 94.0 Å². The fraction of sp³-hybridized carbons (Fsp3) is 0.250. The summed E-state index contributed by atoms with van der Waals surface area (Å²) in [6, 6.07) is 21.9. The largest absolute Gasteiger partial charge is 0.468 e. The molecule has 0 bridgehead atoms. The quantitative estimate of drug-likeness (QED) is 0.388. The van der Waals surface area contributed by atoms with Crippen LogP contribution < -0.4 is 5.32 Å². The smallest absolute Gasteiger partial charge is 0.327 e. The Bertz CT molecular complexity index is 1350. The van der Waals surface area contributed by atoms with Gasteiger partial charge in [-0.2, -0.15) is 0 Å². The van der Waals surface area contributed by atoms with E-state index in [1.54, 1.807) is 12.1 Å². The van der Waals surface area contributed by atoms with Gasteiger partial charge in [0.1, 0.15) is 5.54 Å². The number of ether oxygens (including phenoxy) is 1. The maximum absolute atomic E-state index is 13.3. The summed E-state index contributed by atoms with van der Waals surface area (Å²) in [4.78, 5) is 41.1. The number of amides is 2. The molecule has 2 aliphatic rings. The molecular weight excluding hydrogens is 499 g/mol. The summed E-state index contributed by atoms with van der Waals surface area (Å²) in [5.41, 5.74) is 2.09. The third kappa shape index (κ3) is 3.90. The zero-order valence-corrected chi connectivity index (χ0v) is 21.2. The summed E-state index contributed by atoms with van der Waals surface area (Å²) >= 11 is 12.2. The number of likely N-dealkylation sites (tertiary alicyclic amines) is 1. The van der Waals surface area contributed by atoms with Crippen LogP contribution in [0.5, 0.6) is 0 Å². The second-order valence-corrected chi connectivity index (χ2v) is 10.1. The molecule has 184 valence electrons. The number of carbonyl (C=O) groups is 3. The van der Waals surface area contributed by atoms with Crippen LogP contribution in [0.4, 0.5) is 0 Å². The number of halogens is 2. The lowest BCUT2D eigenvalue weighted by Gasteiger charge is -2.32. The van der Waals surface area contributed by atoms with Crippen molar-refractivity contribution < 1.29 is 19.1 Å². The van der Waals surface area contributed by atoms with Crippen molar-refractivity contribution in [2.45, 2.75) is 18.0 Å². The Balaban J connectivity index is 1.56. The molecule has 0 aliphatic carbocycles. The van der Waals surface area contributed by atoms with E-state index < -0.39 is 29.4 Å². The normalized spacial score (nSPS) is 25.2. The average molecular weight is 523 g/mol. The number of rotatable bonds is 5. The predicted octanol–water partition coefficient (Wildman–Crippen LogP) is 4.69. The lowest BCUT2D eigenvalue weighted by Crippen LogP contribution is -2.57. The SMILES string of the molecule is COC(=O)[C@]1(Cc2ccccc2)N[C@H](c2ccc(-c3ccc(Cl)c(Cl)c3)cc2)[C@@H]2C(=O)N(C)C(=O)[C@@H]21.